The first-order chi connectivity index (χ1) is 15.8. The standard InChI is InChI=1S/C22H17ClF3N7/c1-33-11-30-21-19(33)20(28-10-29-21)27-9-16-17(12-5-2-3-6-13(12)22(24,25)26)32-18-14(23)7-4-8-15(18)31-16/h2-8,10H,9,11H2,1H3,(H2,27,28,29,30). The van der Waals surface area contributed by atoms with Gasteiger partial charge in [0.2, 0.25) is 0 Å². The molecule has 0 saturated heterocycles. The monoisotopic (exact) mass is 471 g/mol. The number of rotatable bonds is 4. The smallest absolute Gasteiger partial charge is 0.362 e. The van der Waals surface area contributed by atoms with Crippen LogP contribution in [0.3, 0.4) is 0 Å². The minimum atomic E-state index is -4.56. The number of anilines is 3. The zero-order valence-electron chi connectivity index (χ0n) is 17.3. The second kappa shape index (κ2) is 8.04. The molecular weight excluding hydrogens is 455 g/mol. The van der Waals surface area contributed by atoms with Crippen LogP contribution < -0.4 is 15.5 Å². The number of aromatic nitrogens is 4. The molecule has 2 N–H and O–H groups in total. The number of hydrogen-bond acceptors (Lipinski definition) is 7. The van der Waals surface area contributed by atoms with Gasteiger partial charge in [-0.25, -0.2) is 19.9 Å². The number of fused-ring (bicyclic) bond motifs is 2. The Bertz CT molecular complexity index is 1360. The van der Waals surface area contributed by atoms with Gasteiger partial charge in [-0.05, 0) is 18.2 Å². The molecule has 5 rings (SSSR count). The van der Waals surface area contributed by atoms with Crippen molar-refractivity contribution in [2.45, 2.75) is 12.7 Å². The maximum atomic E-state index is 13.8. The van der Waals surface area contributed by atoms with Gasteiger partial charge < -0.3 is 15.5 Å². The van der Waals surface area contributed by atoms with E-state index in [4.69, 9.17) is 11.6 Å². The van der Waals surface area contributed by atoms with Crippen molar-refractivity contribution >= 4 is 40.0 Å². The maximum absolute atomic E-state index is 13.8. The van der Waals surface area contributed by atoms with Gasteiger partial charge in [-0.3, -0.25) is 0 Å². The first-order valence-electron chi connectivity index (χ1n) is 9.98. The first-order valence-corrected chi connectivity index (χ1v) is 10.4. The second-order valence-corrected chi connectivity index (χ2v) is 7.88. The zero-order chi connectivity index (χ0) is 23.2. The molecule has 0 fully saturated rings. The molecule has 7 nitrogen and oxygen atoms in total. The minimum Gasteiger partial charge on any atom is -0.362 e. The molecule has 168 valence electrons. The Balaban J connectivity index is 1.63. The summed E-state index contributed by atoms with van der Waals surface area (Å²) in [6.07, 6.45) is -3.14. The van der Waals surface area contributed by atoms with Crippen molar-refractivity contribution in [3.63, 3.8) is 0 Å². The number of benzene rings is 2. The third-order valence-corrected chi connectivity index (χ3v) is 5.62. The average Bonchev–Trinajstić information content (AvgIpc) is 3.18. The Morgan fingerprint density at radius 3 is 2.73 bits per heavy atom. The third kappa shape index (κ3) is 3.86. The Kier molecular flexibility index (Phi) is 5.16. The molecule has 0 saturated carbocycles. The molecule has 4 aromatic rings. The lowest BCUT2D eigenvalue weighted by Gasteiger charge is -2.17. The van der Waals surface area contributed by atoms with Crippen molar-refractivity contribution in [1.29, 1.82) is 0 Å². The molecule has 2 aromatic heterocycles. The van der Waals surface area contributed by atoms with E-state index in [1.807, 2.05) is 11.9 Å². The molecule has 2 aromatic carbocycles. The van der Waals surface area contributed by atoms with Crippen LogP contribution >= 0.6 is 11.6 Å². The van der Waals surface area contributed by atoms with Crippen LogP contribution in [-0.2, 0) is 12.7 Å². The van der Waals surface area contributed by atoms with Crippen molar-refractivity contribution in [3.8, 4) is 11.3 Å². The van der Waals surface area contributed by atoms with E-state index in [9.17, 15) is 13.2 Å². The molecule has 0 bridgehead atoms. The lowest BCUT2D eigenvalue weighted by Crippen LogP contribution is -2.18. The van der Waals surface area contributed by atoms with Gasteiger partial charge in [0, 0.05) is 12.6 Å². The molecule has 0 unspecified atom stereocenters. The molecule has 0 spiro atoms. The second-order valence-electron chi connectivity index (χ2n) is 7.48. The van der Waals surface area contributed by atoms with Crippen LogP contribution in [0.1, 0.15) is 11.3 Å². The predicted octanol–water partition coefficient (Wildman–Crippen LogP) is 5.19. The zero-order valence-corrected chi connectivity index (χ0v) is 18.0. The van der Waals surface area contributed by atoms with Crippen LogP contribution in [0.15, 0.2) is 48.8 Å². The quantitative estimate of drug-likeness (QED) is 0.424. The summed E-state index contributed by atoms with van der Waals surface area (Å²) in [4.78, 5) is 19.6. The Morgan fingerprint density at radius 2 is 1.91 bits per heavy atom. The number of alkyl halides is 3. The summed E-state index contributed by atoms with van der Waals surface area (Å²) < 4.78 is 41.4. The van der Waals surface area contributed by atoms with Crippen molar-refractivity contribution < 1.29 is 13.2 Å². The summed E-state index contributed by atoms with van der Waals surface area (Å²) >= 11 is 6.28. The molecule has 0 radical (unpaired) electrons. The lowest BCUT2D eigenvalue weighted by molar-refractivity contribution is -0.137. The van der Waals surface area contributed by atoms with Crippen molar-refractivity contribution in [3.05, 3.63) is 65.1 Å². The fraction of sp³-hybridized carbons (Fsp3) is 0.182. The SMILES string of the molecule is CN1CNc2ncnc(NCc3nc4cccc(Cl)c4nc3-c3ccccc3C(F)(F)F)c21. The van der Waals surface area contributed by atoms with E-state index in [0.717, 1.165) is 11.8 Å². The largest absolute Gasteiger partial charge is 0.417 e. The van der Waals surface area contributed by atoms with Gasteiger partial charge >= 0.3 is 6.18 Å². The van der Waals surface area contributed by atoms with Gasteiger partial charge in [0.1, 0.15) is 17.5 Å². The highest BCUT2D eigenvalue weighted by atomic mass is 35.5. The molecular formula is C22H17ClF3N7. The highest BCUT2D eigenvalue weighted by molar-refractivity contribution is 6.34. The summed E-state index contributed by atoms with van der Waals surface area (Å²) in [5, 5.41) is 6.65. The maximum Gasteiger partial charge on any atom is 0.417 e. The fourth-order valence-electron chi connectivity index (χ4n) is 3.79. The van der Waals surface area contributed by atoms with Crippen molar-refractivity contribution in [1.82, 2.24) is 19.9 Å². The van der Waals surface area contributed by atoms with E-state index in [1.165, 1.54) is 24.5 Å². The Hall–Kier alpha value is -3.66. The first kappa shape index (κ1) is 21.2. The van der Waals surface area contributed by atoms with Crippen LogP contribution in [0, 0.1) is 0 Å². The van der Waals surface area contributed by atoms with Gasteiger partial charge in [0.05, 0.1) is 40.7 Å². The highest BCUT2D eigenvalue weighted by Gasteiger charge is 2.34. The number of para-hydroxylation sites is 1. The number of halogens is 4. The van der Waals surface area contributed by atoms with Crippen LogP contribution in [0.2, 0.25) is 5.02 Å². The predicted molar refractivity (Wildman–Crippen MR) is 121 cm³/mol. The Labute approximate surface area is 191 Å². The van der Waals surface area contributed by atoms with Gasteiger partial charge in [-0.1, -0.05) is 35.9 Å². The lowest BCUT2D eigenvalue weighted by atomic mass is 10.0. The topological polar surface area (TPSA) is 78.9 Å². The third-order valence-electron chi connectivity index (χ3n) is 5.32. The van der Waals surface area contributed by atoms with Crippen molar-refractivity contribution in [2.75, 3.05) is 29.2 Å². The summed E-state index contributed by atoms with van der Waals surface area (Å²) in [5.74, 6) is 1.21. The Morgan fingerprint density at radius 1 is 1.09 bits per heavy atom. The number of nitrogens with zero attached hydrogens (tertiary/aromatic N) is 5. The van der Waals surface area contributed by atoms with Crippen LogP contribution in [0.25, 0.3) is 22.3 Å². The summed E-state index contributed by atoms with van der Waals surface area (Å²) in [6, 6.07) is 10.4. The van der Waals surface area contributed by atoms with E-state index in [2.05, 4.69) is 30.6 Å². The molecule has 3 heterocycles. The van der Waals surface area contributed by atoms with Crippen LogP contribution in [-0.4, -0.2) is 33.7 Å². The van der Waals surface area contributed by atoms with Gasteiger partial charge in [-0.15, -0.1) is 0 Å². The normalized spacial score (nSPS) is 13.2. The van der Waals surface area contributed by atoms with E-state index in [1.54, 1.807) is 18.2 Å². The van der Waals surface area contributed by atoms with Gasteiger partial charge in [0.25, 0.3) is 0 Å². The summed E-state index contributed by atoms with van der Waals surface area (Å²) in [7, 11) is 1.89. The van der Waals surface area contributed by atoms with Crippen molar-refractivity contribution in [2.24, 2.45) is 0 Å². The van der Waals surface area contributed by atoms with Crippen LogP contribution in [0.5, 0.6) is 0 Å². The fourth-order valence-corrected chi connectivity index (χ4v) is 4.01. The van der Waals surface area contributed by atoms with E-state index >= 15 is 0 Å². The molecule has 1 aliphatic rings. The van der Waals surface area contributed by atoms with E-state index < -0.39 is 11.7 Å². The summed E-state index contributed by atoms with van der Waals surface area (Å²) in [5.41, 5.74) is 1.17. The van der Waals surface area contributed by atoms with Crippen LogP contribution in [0.4, 0.5) is 30.5 Å². The molecule has 0 amide bonds. The molecule has 0 atom stereocenters. The molecule has 11 heteroatoms. The van der Waals surface area contributed by atoms with Gasteiger partial charge in [0.15, 0.2) is 11.6 Å². The van der Waals surface area contributed by atoms with E-state index in [-0.39, 0.29) is 17.8 Å². The number of hydrogen-bond donors (Lipinski definition) is 2. The summed E-state index contributed by atoms with van der Waals surface area (Å²) in [6.45, 7) is 0.662. The molecule has 33 heavy (non-hydrogen) atoms. The molecule has 0 aliphatic carbocycles. The minimum absolute atomic E-state index is 0.0668. The number of nitrogens with one attached hydrogen (secondary N) is 2. The van der Waals surface area contributed by atoms with Gasteiger partial charge in [-0.2, -0.15) is 13.2 Å². The van der Waals surface area contributed by atoms with E-state index in [0.29, 0.717) is 40.1 Å². The molecule has 1 aliphatic heterocycles. The highest BCUT2D eigenvalue weighted by Crippen LogP contribution is 2.39. The average molecular weight is 472 g/mol.